The standard InChI is InChI=1S/C12H13N3O4S/c1-2-20(18,19)9-5-4-8(15-10(9)12(16)17)11-13-6-3-7-14-11/h3-7,12,16-17H,2H2,1H3. The van der Waals surface area contributed by atoms with E-state index in [0.717, 1.165) is 0 Å². The van der Waals surface area contributed by atoms with Crippen LogP contribution >= 0.6 is 0 Å². The second-order valence-corrected chi connectivity index (χ2v) is 6.18. The summed E-state index contributed by atoms with van der Waals surface area (Å²) in [5.41, 5.74) is -0.0550. The second-order valence-electron chi connectivity index (χ2n) is 3.93. The molecule has 0 amide bonds. The van der Waals surface area contributed by atoms with E-state index < -0.39 is 16.1 Å². The largest absolute Gasteiger partial charge is 0.363 e. The van der Waals surface area contributed by atoms with Gasteiger partial charge in [-0.15, -0.1) is 0 Å². The maximum atomic E-state index is 11.9. The Labute approximate surface area is 115 Å². The van der Waals surface area contributed by atoms with Gasteiger partial charge in [0.05, 0.1) is 10.6 Å². The molecule has 2 N–H and O–H groups in total. The summed E-state index contributed by atoms with van der Waals surface area (Å²) < 4.78 is 23.8. The smallest absolute Gasteiger partial charge is 0.197 e. The third-order valence-electron chi connectivity index (χ3n) is 2.64. The number of hydrogen-bond donors (Lipinski definition) is 2. The Kier molecular flexibility index (Phi) is 4.07. The molecule has 106 valence electrons. The van der Waals surface area contributed by atoms with Crippen LogP contribution in [0.5, 0.6) is 0 Å². The highest BCUT2D eigenvalue weighted by atomic mass is 32.2. The van der Waals surface area contributed by atoms with E-state index in [0.29, 0.717) is 0 Å². The lowest BCUT2D eigenvalue weighted by Gasteiger charge is -2.11. The van der Waals surface area contributed by atoms with Crippen LogP contribution in [0.1, 0.15) is 18.9 Å². The first-order chi connectivity index (χ1) is 9.45. The van der Waals surface area contributed by atoms with Crippen LogP contribution in [0.3, 0.4) is 0 Å². The second kappa shape index (κ2) is 5.61. The lowest BCUT2D eigenvalue weighted by molar-refractivity contribution is -0.0480. The van der Waals surface area contributed by atoms with E-state index in [2.05, 4.69) is 15.0 Å². The summed E-state index contributed by atoms with van der Waals surface area (Å²) in [6.07, 6.45) is 1.03. The Balaban J connectivity index is 2.60. The molecule has 0 bridgehead atoms. The van der Waals surface area contributed by atoms with Crippen molar-refractivity contribution in [3.05, 3.63) is 36.3 Å². The molecule has 0 aliphatic carbocycles. The van der Waals surface area contributed by atoms with Gasteiger partial charge < -0.3 is 10.2 Å². The fourth-order valence-electron chi connectivity index (χ4n) is 1.62. The van der Waals surface area contributed by atoms with E-state index in [1.807, 2.05) is 0 Å². The van der Waals surface area contributed by atoms with Crippen molar-refractivity contribution in [2.75, 3.05) is 5.75 Å². The lowest BCUT2D eigenvalue weighted by Crippen LogP contribution is -2.12. The molecule has 0 fully saturated rings. The molecule has 2 rings (SSSR count). The third kappa shape index (κ3) is 2.82. The average Bonchev–Trinajstić information content (AvgIpc) is 2.47. The predicted octanol–water partition coefficient (Wildman–Crippen LogP) is 0.315. The summed E-state index contributed by atoms with van der Waals surface area (Å²) in [4.78, 5) is 11.7. The average molecular weight is 295 g/mol. The number of rotatable bonds is 4. The van der Waals surface area contributed by atoms with E-state index in [1.165, 1.54) is 31.5 Å². The van der Waals surface area contributed by atoms with Crippen molar-refractivity contribution in [3.8, 4) is 11.5 Å². The zero-order valence-corrected chi connectivity index (χ0v) is 11.4. The van der Waals surface area contributed by atoms with Crippen LogP contribution in [0, 0.1) is 0 Å². The van der Waals surface area contributed by atoms with E-state index in [4.69, 9.17) is 0 Å². The number of hydrogen-bond acceptors (Lipinski definition) is 7. The molecule has 0 aromatic carbocycles. The summed E-state index contributed by atoms with van der Waals surface area (Å²) in [5.74, 6) is 0.116. The molecule has 0 spiro atoms. The molecule has 0 saturated carbocycles. The summed E-state index contributed by atoms with van der Waals surface area (Å²) in [6.45, 7) is 1.47. The molecule has 0 aliphatic rings. The van der Waals surface area contributed by atoms with Gasteiger partial charge in [0.15, 0.2) is 22.0 Å². The number of pyridine rings is 1. The number of nitrogens with zero attached hydrogens (tertiary/aromatic N) is 3. The normalized spacial score (nSPS) is 11.8. The summed E-state index contributed by atoms with van der Waals surface area (Å²) in [6, 6.07) is 4.34. The molecule has 2 aromatic heterocycles. The summed E-state index contributed by atoms with van der Waals surface area (Å²) >= 11 is 0. The Morgan fingerprint density at radius 2 is 1.85 bits per heavy atom. The van der Waals surface area contributed by atoms with Gasteiger partial charge in [-0.3, -0.25) is 0 Å². The van der Waals surface area contributed by atoms with Crippen molar-refractivity contribution < 1.29 is 18.6 Å². The third-order valence-corrected chi connectivity index (χ3v) is 4.42. The van der Waals surface area contributed by atoms with Crippen molar-refractivity contribution in [3.63, 3.8) is 0 Å². The van der Waals surface area contributed by atoms with Gasteiger partial charge in [0.1, 0.15) is 11.4 Å². The first-order valence-corrected chi connectivity index (χ1v) is 7.48. The SMILES string of the molecule is CCS(=O)(=O)c1ccc(-c2ncccn2)nc1C(O)O. The van der Waals surface area contributed by atoms with Gasteiger partial charge in [0.25, 0.3) is 0 Å². The molecule has 0 aliphatic heterocycles. The molecule has 0 saturated heterocycles. The molecular weight excluding hydrogens is 282 g/mol. The van der Waals surface area contributed by atoms with Gasteiger partial charge in [0.2, 0.25) is 0 Å². The number of sulfone groups is 1. The Bertz CT molecular complexity index is 702. The van der Waals surface area contributed by atoms with Gasteiger partial charge in [-0.05, 0) is 18.2 Å². The summed E-state index contributed by atoms with van der Waals surface area (Å²) in [5, 5.41) is 18.6. The highest BCUT2D eigenvalue weighted by Crippen LogP contribution is 2.23. The minimum atomic E-state index is -3.60. The van der Waals surface area contributed by atoms with Crippen molar-refractivity contribution in [2.45, 2.75) is 18.1 Å². The Morgan fingerprint density at radius 3 is 2.40 bits per heavy atom. The van der Waals surface area contributed by atoms with Crippen molar-refractivity contribution >= 4 is 9.84 Å². The highest BCUT2D eigenvalue weighted by Gasteiger charge is 2.22. The Morgan fingerprint density at radius 1 is 1.20 bits per heavy atom. The number of aliphatic hydroxyl groups is 2. The maximum Gasteiger partial charge on any atom is 0.197 e. The molecular formula is C12H13N3O4S. The summed E-state index contributed by atoms with van der Waals surface area (Å²) in [7, 11) is -3.60. The van der Waals surface area contributed by atoms with Crippen LogP contribution in [0.15, 0.2) is 35.5 Å². The predicted molar refractivity (Wildman–Crippen MR) is 70.2 cm³/mol. The minimum Gasteiger partial charge on any atom is -0.363 e. The zero-order valence-electron chi connectivity index (χ0n) is 10.6. The molecule has 0 unspecified atom stereocenters. The van der Waals surface area contributed by atoms with Crippen LogP contribution in [0.2, 0.25) is 0 Å². The molecule has 0 radical (unpaired) electrons. The van der Waals surface area contributed by atoms with Crippen molar-refractivity contribution in [1.29, 1.82) is 0 Å². The Hall–Kier alpha value is -1.90. The van der Waals surface area contributed by atoms with Gasteiger partial charge in [-0.2, -0.15) is 0 Å². The van der Waals surface area contributed by atoms with E-state index in [9.17, 15) is 18.6 Å². The van der Waals surface area contributed by atoms with Gasteiger partial charge in [-0.1, -0.05) is 6.92 Å². The number of aliphatic hydroxyl groups excluding tert-OH is 1. The van der Waals surface area contributed by atoms with Crippen LogP contribution < -0.4 is 0 Å². The topological polar surface area (TPSA) is 113 Å². The lowest BCUT2D eigenvalue weighted by atomic mass is 10.2. The van der Waals surface area contributed by atoms with E-state index in [1.54, 1.807) is 6.07 Å². The van der Waals surface area contributed by atoms with E-state index in [-0.39, 0.29) is 27.9 Å². The van der Waals surface area contributed by atoms with Crippen LogP contribution in [0.4, 0.5) is 0 Å². The van der Waals surface area contributed by atoms with E-state index >= 15 is 0 Å². The monoisotopic (exact) mass is 295 g/mol. The van der Waals surface area contributed by atoms with Crippen LogP contribution in [-0.2, 0) is 9.84 Å². The van der Waals surface area contributed by atoms with Crippen LogP contribution in [0.25, 0.3) is 11.5 Å². The minimum absolute atomic E-state index is 0.157. The molecule has 2 heterocycles. The van der Waals surface area contributed by atoms with Gasteiger partial charge in [0, 0.05) is 12.4 Å². The van der Waals surface area contributed by atoms with Crippen molar-refractivity contribution in [1.82, 2.24) is 15.0 Å². The van der Waals surface area contributed by atoms with Gasteiger partial charge in [-0.25, -0.2) is 23.4 Å². The highest BCUT2D eigenvalue weighted by molar-refractivity contribution is 7.91. The quantitative estimate of drug-likeness (QED) is 0.780. The molecule has 8 heteroatoms. The molecule has 7 nitrogen and oxygen atoms in total. The first-order valence-electron chi connectivity index (χ1n) is 5.83. The van der Waals surface area contributed by atoms with Gasteiger partial charge >= 0.3 is 0 Å². The first kappa shape index (κ1) is 14.5. The molecule has 2 aromatic rings. The fraction of sp³-hybridized carbons (Fsp3) is 0.250. The maximum absolute atomic E-state index is 11.9. The molecule has 0 atom stereocenters. The van der Waals surface area contributed by atoms with Crippen LogP contribution in [-0.4, -0.2) is 39.3 Å². The van der Waals surface area contributed by atoms with Crippen molar-refractivity contribution in [2.24, 2.45) is 0 Å². The number of aromatic nitrogens is 3. The zero-order chi connectivity index (χ0) is 14.8. The fourth-order valence-corrected chi connectivity index (χ4v) is 2.68. The molecule has 20 heavy (non-hydrogen) atoms.